The van der Waals surface area contributed by atoms with E-state index in [1.54, 1.807) is 7.11 Å². The highest BCUT2D eigenvalue weighted by molar-refractivity contribution is 5.76. The lowest BCUT2D eigenvalue weighted by molar-refractivity contribution is -0.122. The number of benzene rings is 1. The fourth-order valence-electron chi connectivity index (χ4n) is 3.97. The van der Waals surface area contributed by atoms with Gasteiger partial charge in [0, 0.05) is 43.2 Å². The molecule has 2 aliphatic rings. The van der Waals surface area contributed by atoms with Crippen molar-refractivity contribution in [2.75, 3.05) is 53.6 Å². The van der Waals surface area contributed by atoms with Crippen LogP contribution in [0.4, 0.5) is 0 Å². The Morgan fingerprint density at radius 1 is 1.16 bits per heavy atom. The summed E-state index contributed by atoms with van der Waals surface area (Å²) in [7, 11) is 3.09. The van der Waals surface area contributed by atoms with Crippen LogP contribution < -0.4 is 20.3 Å². The minimum absolute atomic E-state index is 0.138. The summed E-state index contributed by atoms with van der Waals surface area (Å²) in [6.07, 6.45) is 2.21. The van der Waals surface area contributed by atoms with Crippen LogP contribution >= 0.6 is 0 Å². The van der Waals surface area contributed by atoms with Crippen molar-refractivity contribution in [3.8, 4) is 22.8 Å². The number of nitrogens with zero attached hydrogens (tertiary/aromatic N) is 3. The van der Waals surface area contributed by atoms with Gasteiger partial charge in [-0.05, 0) is 37.1 Å². The van der Waals surface area contributed by atoms with E-state index in [0.717, 1.165) is 51.3 Å². The maximum Gasteiger partial charge on any atom is 0.270 e. The standard InChI is InChI=1S/C23H30N4O5/c1-30-18-5-3-17(4-6-18)22-19(31-2)13-21(29)27(25-22)14-20(28)24-15-23(7-8-23)16-26-9-11-32-12-10-26/h3-6,13H,7-12,14-16H2,1-2H3,(H,24,28). The van der Waals surface area contributed by atoms with E-state index in [4.69, 9.17) is 14.2 Å². The number of morpholine rings is 1. The monoisotopic (exact) mass is 442 g/mol. The summed E-state index contributed by atoms with van der Waals surface area (Å²) in [5.74, 6) is 0.851. The quantitative estimate of drug-likeness (QED) is 0.623. The van der Waals surface area contributed by atoms with Crippen LogP contribution in [0.15, 0.2) is 35.1 Å². The second-order valence-electron chi connectivity index (χ2n) is 8.45. The van der Waals surface area contributed by atoms with Gasteiger partial charge in [0.1, 0.15) is 18.0 Å². The summed E-state index contributed by atoms with van der Waals surface area (Å²) in [5.41, 5.74) is 1.01. The fraction of sp³-hybridized carbons (Fsp3) is 0.522. The number of rotatable bonds is 9. The van der Waals surface area contributed by atoms with E-state index in [2.05, 4.69) is 15.3 Å². The molecule has 1 saturated heterocycles. The Bertz CT molecular complexity index is 994. The molecule has 0 atom stereocenters. The van der Waals surface area contributed by atoms with Crippen molar-refractivity contribution < 1.29 is 19.0 Å². The summed E-state index contributed by atoms with van der Waals surface area (Å²) in [5, 5.41) is 7.43. The number of carbonyl (C=O) groups excluding carboxylic acids is 1. The number of nitrogens with one attached hydrogen (secondary N) is 1. The third-order valence-electron chi connectivity index (χ3n) is 6.12. The van der Waals surface area contributed by atoms with E-state index in [-0.39, 0.29) is 23.4 Å². The molecule has 2 heterocycles. The number of hydrogen-bond donors (Lipinski definition) is 1. The predicted molar refractivity (Wildman–Crippen MR) is 119 cm³/mol. The second kappa shape index (κ2) is 9.70. The maximum atomic E-state index is 12.6. The van der Waals surface area contributed by atoms with Crippen LogP contribution in [0, 0.1) is 5.41 Å². The average Bonchev–Trinajstić information content (AvgIpc) is 3.59. The first-order valence-electron chi connectivity index (χ1n) is 10.9. The number of methoxy groups -OCH3 is 2. The molecule has 1 saturated carbocycles. The zero-order chi connectivity index (χ0) is 22.6. The van der Waals surface area contributed by atoms with Gasteiger partial charge in [-0.15, -0.1) is 0 Å². The largest absolute Gasteiger partial charge is 0.497 e. The summed E-state index contributed by atoms with van der Waals surface area (Å²) in [6, 6.07) is 8.65. The highest BCUT2D eigenvalue weighted by Crippen LogP contribution is 2.45. The topological polar surface area (TPSA) is 94.9 Å². The molecule has 0 radical (unpaired) electrons. The van der Waals surface area contributed by atoms with Gasteiger partial charge in [0.15, 0.2) is 5.75 Å². The Kier molecular flexibility index (Phi) is 6.76. The number of carbonyl (C=O) groups is 1. The molecular weight excluding hydrogens is 412 g/mol. The second-order valence-corrected chi connectivity index (χ2v) is 8.45. The van der Waals surface area contributed by atoms with E-state index in [9.17, 15) is 9.59 Å². The number of aromatic nitrogens is 2. The zero-order valence-corrected chi connectivity index (χ0v) is 18.6. The molecule has 2 aromatic rings. The first-order chi connectivity index (χ1) is 15.5. The van der Waals surface area contributed by atoms with Gasteiger partial charge >= 0.3 is 0 Å². The van der Waals surface area contributed by atoms with Crippen molar-refractivity contribution in [1.82, 2.24) is 20.0 Å². The molecule has 1 aromatic heterocycles. The Labute approximate surface area is 187 Å². The first kappa shape index (κ1) is 22.3. The fourth-order valence-corrected chi connectivity index (χ4v) is 3.97. The van der Waals surface area contributed by atoms with Crippen molar-refractivity contribution in [3.63, 3.8) is 0 Å². The smallest absolute Gasteiger partial charge is 0.270 e. The minimum Gasteiger partial charge on any atom is -0.497 e. The third-order valence-corrected chi connectivity index (χ3v) is 6.12. The van der Waals surface area contributed by atoms with Crippen LogP contribution in [0.3, 0.4) is 0 Å². The van der Waals surface area contributed by atoms with Gasteiger partial charge in [0.25, 0.3) is 5.56 Å². The Balaban J connectivity index is 1.41. The molecule has 1 aliphatic carbocycles. The molecule has 1 aliphatic heterocycles. The number of amides is 1. The van der Waals surface area contributed by atoms with Crippen molar-refractivity contribution in [1.29, 1.82) is 0 Å². The van der Waals surface area contributed by atoms with Crippen LogP contribution in [0.5, 0.6) is 11.5 Å². The van der Waals surface area contributed by atoms with Crippen molar-refractivity contribution >= 4 is 5.91 Å². The summed E-state index contributed by atoms with van der Waals surface area (Å²) >= 11 is 0. The molecule has 32 heavy (non-hydrogen) atoms. The van der Waals surface area contributed by atoms with Gasteiger partial charge in [-0.2, -0.15) is 5.10 Å². The van der Waals surface area contributed by atoms with Gasteiger partial charge in [-0.25, -0.2) is 4.68 Å². The molecular formula is C23H30N4O5. The Morgan fingerprint density at radius 2 is 1.88 bits per heavy atom. The summed E-state index contributed by atoms with van der Waals surface area (Å²) < 4.78 is 17.1. The predicted octanol–water partition coefficient (Wildman–Crippen LogP) is 1.16. The van der Waals surface area contributed by atoms with Gasteiger partial charge in [-0.3, -0.25) is 14.5 Å². The van der Waals surface area contributed by atoms with Crippen molar-refractivity contribution in [2.45, 2.75) is 19.4 Å². The van der Waals surface area contributed by atoms with E-state index < -0.39 is 0 Å². The number of ether oxygens (including phenoxy) is 3. The van der Waals surface area contributed by atoms with E-state index in [1.165, 1.54) is 17.9 Å². The number of hydrogen-bond acceptors (Lipinski definition) is 7. The van der Waals surface area contributed by atoms with Crippen LogP contribution in [0.2, 0.25) is 0 Å². The lowest BCUT2D eigenvalue weighted by Gasteiger charge is -2.30. The van der Waals surface area contributed by atoms with Crippen LogP contribution in [-0.4, -0.2) is 74.2 Å². The summed E-state index contributed by atoms with van der Waals surface area (Å²) in [6.45, 7) is 4.86. The highest BCUT2D eigenvalue weighted by Gasteiger charge is 2.44. The minimum atomic E-state index is -0.385. The molecule has 1 N–H and O–H groups in total. The molecule has 1 amide bonds. The average molecular weight is 443 g/mol. The van der Waals surface area contributed by atoms with Crippen molar-refractivity contribution in [3.05, 3.63) is 40.7 Å². The van der Waals surface area contributed by atoms with Gasteiger partial charge in [0.05, 0.1) is 27.4 Å². The van der Waals surface area contributed by atoms with E-state index in [0.29, 0.717) is 23.7 Å². The molecule has 9 heteroatoms. The lowest BCUT2D eigenvalue weighted by Crippen LogP contribution is -2.44. The highest BCUT2D eigenvalue weighted by atomic mass is 16.5. The van der Waals surface area contributed by atoms with Crippen LogP contribution in [0.25, 0.3) is 11.3 Å². The van der Waals surface area contributed by atoms with Crippen LogP contribution in [-0.2, 0) is 16.1 Å². The Hall–Kier alpha value is -2.91. The maximum absolute atomic E-state index is 12.6. The van der Waals surface area contributed by atoms with E-state index in [1.807, 2.05) is 24.3 Å². The molecule has 172 valence electrons. The first-order valence-corrected chi connectivity index (χ1v) is 10.9. The molecule has 0 spiro atoms. The van der Waals surface area contributed by atoms with Crippen molar-refractivity contribution in [2.24, 2.45) is 5.41 Å². The zero-order valence-electron chi connectivity index (χ0n) is 18.6. The third kappa shape index (κ3) is 5.28. The van der Waals surface area contributed by atoms with Gasteiger partial charge in [-0.1, -0.05) is 0 Å². The molecule has 0 unspecified atom stereocenters. The van der Waals surface area contributed by atoms with Gasteiger partial charge < -0.3 is 19.5 Å². The molecule has 2 fully saturated rings. The van der Waals surface area contributed by atoms with Crippen LogP contribution in [0.1, 0.15) is 12.8 Å². The molecule has 9 nitrogen and oxygen atoms in total. The Morgan fingerprint density at radius 3 is 2.50 bits per heavy atom. The van der Waals surface area contributed by atoms with Gasteiger partial charge in [0.2, 0.25) is 5.91 Å². The SMILES string of the molecule is COc1ccc(-c2nn(CC(=O)NCC3(CN4CCOCC4)CC3)c(=O)cc2OC)cc1. The molecule has 0 bridgehead atoms. The normalized spacial score (nSPS) is 17.6. The van der Waals surface area contributed by atoms with E-state index >= 15 is 0 Å². The molecule has 1 aromatic carbocycles. The lowest BCUT2D eigenvalue weighted by atomic mass is 10.1. The summed E-state index contributed by atoms with van der Waals surface area (Å²) in [4.78, 5) is 27.5. The molecule has 4 rings (SSSR count).